The number of amides is 1. The van der Waals surface area contributed by atoms with Gasteiger partial charge in [-0.3, -0.25) is 14.5 Å². The van der Waals surface area contributed by atoms with Gasteiger partial charge in [-0.2, -0.15) is 0 Å². The molecule has 7 nitrogen and oxygen atoms in total. The Labute approximate surface area is 199 Å². The monoisotopic (exact) mass is 472 g/mol. The first kappa shape index (κ1) is 24.7. The summed E-state index contributed by atoms with van der Waals surface area (Å²) in [5, 5.41) is 0.595. The summed E-state index contributed by atoms with van der Waals surface area (Å²) in [6.07, 6.45) is 0.312. The van der Waals surface area contributed by atoms with E-state index in [9.17, 15) is 14.4 Å². The van der Waals surface area contributed by atoms with E-state index in [0.29, 0.717) is 49.1 Å². The average molecular weight is 473 g/mol. The second kappa shape index (κ2) is 11.8. The number of methoxy groups -OCH3 is 1. The molecule has 2 aromatic rings. The van der Waals surface area contributed by atoms with Crippen LogP contribution in [0.5, 0.6) is 5.75 Å². The number of rotatable bonds is 9. The van der Waals surface area contributed by atoms with Gasteiger partial charge in [0.1, 0.15) is 11.8 Å². The summed E-state index contributed by atoms with van der Waals surface area (Å²) >= 11 is 5.98. The number of nitrogens with zero attached hydrogens (tertiary/aromatic N) is 2. The highest BCUT2D eigenvalue weighted by molar-refractivity contribution is 6.30. The zero-order chi connectivity index (χ0) is 23.8. The molecule has 0 radical (unpaired) electrons. The zero-order valence-electron chi connectivity index (χ0n) is 19.0. The van der Waals surface area contributed by atoms with Gasteiger partial charge in [-0.15, -0.1) is 0 Å². The molecule has 33 heavy (non-hydrogen) atoms. The molecule has 0 saturated carbocycles. The van der Waals surface area contributed by atoms with Gasteiger partial charge >= 0.3 is 5.97 Å². The van der Waals surface area contributed by atoms with Gasteiger partial charge in [0.2, 0.25) is 5.91 Å². The number of piperazine rings is 1. The standard InChI is InChI=1S/C25H29ClN2O5/c1-3-33-21-10-6-18(7-11-21)22(29)12-13-23(30)27-14-16-28(17-15-27)24(25(31)32-2)19-4-8-20(26)9-5-19/h4-11,24H,3,12-17H2,1-2H3. The van der Waals surface area contributed by atoms with Crippen molar-refractivity contribution in [2.24, 2.45) is 0 Å². The molecule has 0 aromatic heterocycles. The van der Waals surface area contributed by atoms with Crippen molar-refractivity contribution in [2.75, 3.05) is 39.9 Å². The maximum absolute atomic E-state index is 12.7. The minimum atomic E-state index is -0.550. The van der Waals surface area contributed by atoms with Gasteiger partial charge in [0.25, 0.3) is 0 Å². The first-order valence-electron chi connectivity index (χ1n) is 11.0. The molecule has 2 aromatic carbocycles. The molecule has 0 N–H and O–H groups in total. The molecule has 1 unspecified atom stereocenters. The largest absolute Gasteiger partial charge is 0.494 e. The summed E-state index contributed by atoms with van der Waals surface area (Å²) in [5.41, 5.74) is 1.37. The number of ketones is 1. The molecule has 1 aliphatic heterocycles. The van der Waals surface area contributed by atoms with Crippen LogP contribution in [0.1, 0.15) is 41.7 Å². The molecule has 3 rings (SSSR count). The smallest absolute Gasteiger partial charge is 0.327 e. The first-order valence-corrected chi connectivity index (χ1v) is 11.4. The van der Waals surface area contributed by atoms with Crippen molar-refractivity contribution in [1.82, 2.24) is 9.80 Å². The molecule has 1 aliphatic rings. The summed E-state index contributed by atoms with van der Waals surface area (Å²) in [6, 6.07) is 13.5. The molecule has 0 aliphatic carbocycles. The van der Waals surface area contributed by atoms with Crippen molar-refractivity contribution in [1.29, 1.82) is 0 Å². The number of hydrogen-bond acceptors (Lipinski definition) is 6. The van der Waals surface area contributed by atoms with E-state index in [-0.39, 0.29) is 30.5 Å². The van der Waals surface area contributed by atoms with Crippen molar-refractivity contribution < 1.29 is 23.9 Å². The van der Waals surface area contributed by atoms with E-state index in [0.717, 1.165) is 5.56 Å². The van der Waals surface area contributed by atoms with Gasteiger partial charge in [-0.25, -0.2) is 4.79 Å². The lowest BCUT2D eigenvalue weighted by Gasteiger charge is -2.38. The van der Waals surface area contributed by atoms with E-state index in [1.54, 1.807) is 41.3 Å². The Kier molecular flexibility index (Phi) is 8.86. The second-order valence-corrected chi connectivity index (χ2v) is 8.21. The summed E-state index contributed by atoms with van der Waals surface area (Å²) in [5.74, 6) is 0.235. The lowest BCUT2D eigenvalue weighted by Crippen LogP contribution is -2.51. The van der Waals surface area contributed by atoms with Gasteiger partial charge < -0.3 is 14.4 Å². The number of carbonyl (C=O) groups is 3. The number of ether oxygens (including phenoxy) is 2. The normalized spacial score (nSPS) is 15.1. The Morgan fingerprint density at radius 3 is 2.15 bits per heavy atom. The average Bonchev–Trinajstić information content (AvgIpc) is 2.84. The van der Waals surface area contributed by atoms with Crippen LogP contribution in [-0.2, 0) is 14.3 Å². The van der Waals surface area contributed by atoms with E-state index in [4.69, 9.17) is 21.1 Å². The molecule has 0 bridgehead atoms. The fourth-order valence-electron chi connectivity index (χ4n) is 3.91. The molecule has 1 fully saturated rings. The minimum absolute atomic E-state index is 0.0601. The summed E-state index contributed by atoms with van der Waals surface area (Å²) in [6.45, 7) is 4.49. The maximum atomic E-state index is 12.7. The third-order valence-corrected chi connectivity index (χ3v) is 5.95. The SMILES string of the molecule is CCOc1ccc(C(=O)CCC(=O)N2CCN(C(C(=O)OC)c3ccc(Cl)cc3)CC2)cc1. The Balaban J connectivity index is 1.52. The Hall–Kier alpha value is -2.90. The van der Waals surface area contributed by atoms with Crippen LogP contribution in [0.3, 0.4) is 0 Å². The van der Waals surface area contributed by atoms with Crippen LogP contribution in [-0.4, -0.2) is 67.4 Å². The Morgan fingerprint density at radius 1 is 0.939 bits per heavy atom. The van der Waals surface area contributed by atoms with E-state index in [1.807, 2.05) is 24.0 Å². The first-order chi connectivity index (χ1) is 15.9. The number of hydrogen-bond donors (Lipinski definition) is 0. The predicted octanol–water partition coefficient (Wildman–Crippen LogP) is 3.76. The summed E-state index contributed by atoms with van der Waals surface area (Å²) in [4.78, 5) is 41.3. The highest BCUT2D eigenvalue weighted by Gasteiger charge is 2.32. The van der Waals surface area contributed by atoms with Gasteiger partial charge in [-0.1, -0.05) is 23.7 Å². The van der Waals surface area contributed by atoms with Gasteiger partial charge in [0, 0.05) is 49.6 Å². The van der Waals surface area contributed by atoms with Crippen LogP contribution in [0.25, 0.3) is 0 Å². The number of halogens is 1. The second-order valence-electron chi connectivity index (χ2n) is 7.77. The molecule has 1 atom stereocenters. The van der Waals surface area contributed by atoms with Crippen molar-refractivity contribution in [3.05, 3.63) is 64.7 Å². The van der Waals surface area contributed by atoms with E-state index < -0.39 is 6.04 Å². The van der Waals surface area contributed by atoms with Crippen molar-refractivity contribution >= 4 is 29.3 Å². The number of carbonyl (C=O) groups excluding carboxylic acids is 3. The van der Waals surface area contributed by atoms with Gasteiger partial charge in [0.05, 0.1) is 13.7 Å². The molecule has 1 heterocycles. The predicted molar refractivity (Wildman–Crippen MR) is 126 cm³/mol. The molecule has 0 spiro atoms. The molecular weight excluding hydrogens is 444 g/mol. The molecule has 8 heteroatoms. The molecular formula is C25H29ClN2O5. The third-order valence-electron chi connectivity index (χ3n) is 5.70. The lowest BCUT2D eigenvalue weighted by atomic mass is 10.0. The van der Waals surface area contributed by atoms with Crippen LogP contribution < -0.4 is 4.74 Å². The van der Waals surface area contributed by atoms with Gasteiger partial charge in [-0.05, 0) is 48.9 Å². The van der Waals surface area contributed by atoms with Crippen LogP contribution >= 0.6 is 11.6 Å². The van der Waals surface area contributed by atoms with Crippen LogP contribution in [0.4, 0.5) is 0 Å². The highest BCUT2D eigenvalue weighted by Crippen LogP contribution is 2.25. The van der Waals surface area contributed by atoms with Crippen molar-refractivity contribution in [3.8, 4) is 5.75 Å². The summed E-state index contributed by atoms with van der Waals surface area (Å²) < 4.78 is 10.4. The lowest BCUT2D eigenvalue weighted by molar-refractivity contribution is -0.148. The maximum Gasteiger partial charge on any atom is 0.327 e. The fourth-order valence-corrected chi connectivity index (χ4v) is 4.03. The van der Waals surface area contributed by atoms with Crippen LogP contribution in [0.2, 0.25) is 5.02 Å². The number of benzene rings is 2. The topological polar surface area (TPSA) is 76.2 Å². The fraction of sp³-hybridized carbons (Fsp3) is 0.400. The Morgan fingerprint density at radius 2 is 1.58 bits per heavy atom. The highest BCUT2D eigenvalue weighted by atomic mass is 35.5. The van der Waals surface area contributed by atoms with Crippen LogP contribution in [0.15, 0.2) is 48.5 Å². The van der Waals surface area contributed by atoms with Crippen LogP contribution in [0, 0.1) is 0 Å². The molecule has 176 valence electrons. The summed E-state index contributed by atoms with van der Waals surface area (Å²) in [7, 11) is 1.37. The van der Waals surface area contributed by atoms with Gasteiger partial charge in [0.15, 0.2) is 5.78 Å². The van der Waals surface area contributed by atoms with E-state index in [1.165, 1.54) is 7.11 Å². The zero-order valence-corrected chi connectivity index (χ0v) is 19.7. The minimum Gasteiger partial charge on any atom is -0.494 e. The molecule has 1 saturated heterocycles. The van der Waals surface area contributed by atoms with Crippen molar-refractivity contribution in [3.63, 3.8) is 0 Å². The van der Waals surface area contributed by atoms with E-state index in [2.05, 4.69) is 0 Å². The molecule has 1 amide bonds. The third kappa shape index (κ3) is 6.55. The quantitative estimate of drug-likeness (QED) is 0.408. The van der Waals surface area contributed by atoms with Crippen molar-refractivity contribution in [2.45, 2.75) is 25.8 Å². The Bertz CT molecular complexity index is 954. The number of Topliss-reactive ketones (excluding diaryl/α,β-unsaturated/α-hetero) is 1. The number of esters is 1. The van der Waals surface area contributed by atoms with E-state index >= 15 is 0 Å².